The Kier molecular flexibility index (Phi) is 10.8. The van der Waals surface area contributed by atoms with Crippen molar-refractivity contribution >= 4 is 0 Å². The Labute approximate surface area is 293 Å². The highest BCUT2D eigenvalue weighted by Crippen LogP contribution is 2.56. The first-order valence-corrected chi connectivity index (χ1v) is 14.9. The molecule has 2 heterocycles. The number of phenols is 10. The SMILES string of the molecule is CN(C)CC(O)(O)OC(c1c(O)c(O)c(O)c(O)c1O)c1cc(CN(C)CC(O)(O)OC(c2c(O)c(O)c(O)c(O)c2O)c2ccnn2C)nn1C. The molecule has 286 valence electrons. The molecule has 14 N–H and O–H groups in total. The molecule has 0 bridgehead atoms. The standard InChI is InChI=1S/C30H40N6O16/c1-33(2)10-29(47,48)52-28(16-19(39)23(43)26(46)24(44)20(16)40)14-8-12(32-36(14)5)9-34(3)11-30(49,50)51-27(13-6-7-31-35(13)4)15-17(37)21(41)25(45)22(42)18(15)38/h6-8,27-28,37-50H,9-11H2,1-5H3. The number of nitrogens with zero attached hydrogens (tertiary/aromatic N) is 6. The quantitative estimate of drug-likeness (QED) is 0.0393. The lowest BCUT2D eigenvalue weighted by Crippen LogP contribution is -2.44. The minimum Gasteiger partial charge on any atom is -0.504 e. The van der Waals surface area contributed by atoms with Crippen LogP contribution in [0.4, 0.5) is 0 Å². The second kappa shape index (κ2) is 14.3. The van der Waals surface area contributed by atoms with Gasteiger partial charge in [0.1, 0.15) is 12.2 Å². The van der Waals surface area contributed by atoms with Gasteiger partial charge in [-0.15, -0.1) is 0 Å². The van der Waals surface area contributed by atoms with Crippen LogP contribution in [0, 0.1) is 0 Å². The Morgan fingerprint density at radius 2 is 1.02 bits per heavy atom. The van der Waals surface area contributed by atoms with Gasteiger partial charge in [0.2, 0.25) is 34.5 Å². The number of aromatic nitrogens is 4. The van der Waals surface area contributed by atoms with Crippen LogP contribution in [0.15, 0.2) is 18.3 Å². The van der Waals surface area contributed by atoms with Gasteiger partial charge in [-0.2, -0.15) is 10.2 Å². The van der Waals surface area contributed by atoms with Crippen LogP contribution in [0.5, 0.6) is 57.5 Å². The number of aryl methyl sites for hydroxylation is 2. The number of hydrogen-bond acceptors (Lipinski definition) is 20. The molecule has 2 aromatic heterocycles. The summed E-state index contributed by atoms with van der Waals surface area (Å²) in [6, 6.07) is 2.56. The first-order chi connectivity index (χ1) is 24.0. The second-order valence-electron chi connectivity index (χ2n) is 12.3. The Hall–Kier alpha value is -5.46. The lowest BCUT2D eigenvalue weighted by molar-refractivity contribution is -0.356. The third-order valence-corrected chi connectivity index (χ3v) is 7.75. The summed E-state index contributed by atoms with van der Waals surface area (Å²) in [7, 11) is 7.06. The average Bonchev–Trinajstić information content (AvgIpc) is 3.62. The van der Waals surface area contributed by atoms with Gasteiger partial charge in [0, 0.05) is 26.8 Å². The first-order valence-electron chi connectivity index (χ1n) is 14.9. The van der Waals surface area contributed by atoms with Gasteiger partial charge in [0.05, 0.1) is 41.3 Å². The number of hydrogen-bond donors (Lipinski definition) is 14. The molecule has 0 fully saturated rings. The maximum Gasteiger partial charge on any atom is 0.292 e. The van der Waals surface area contributed by atoms with E-state index in [1.54, 1.807) is 0 Å². The van der Waals surface area contributed by atoms with Gasteiger partial charge in [-0.1, -0.05) is 0 Å². The van der Waals surface area contributed by atoms with Crippen LogP contribution in [0.3, 0.4) is 0 Å². The maximum atomic E-state index is 11.0. The third-order valence-electron chi connectivity index (χ3n) is 7.75. The number of benzene rings is 2. The summed E-state index contributed by atoms with van der Waals surface area (Å²) in [5.41, 5.74) is -1.60. The van der Waals surface area contributed by atoms with Crippen LogP contribution in [0.1, 0.15) is 40.4 Å². The number of likely N-dealkylation sites (N-methyl/N-ethyl adjacent to an activating group) is 2. The van der Waals surface area contributed by atoms with E-state index < -0.39 is 106 Å². The molecule has 2 unspecified atom stereocenters. The Bertz CT molecular complexity index is 1880. The highest BCUT2D eigenvalue weighted by molar-refractivity contribution is 5.69. The van der Waals surface area contributed by atoms with E-state index >= 15 is 0 Å². The highest BCUT2D eigenvalue weighted by Gasteiger charge is 2.40. The smallest absolute Gasteiger partial charge is 0.292 e. The number of rotatable bonds is 14. The zero-order valence-corrected chi connectivity index (χ0v) is 28.3. The molecule has 0 aliphatic heterocycles. The minimum atomic E-state index is -3.15. The fraction of sp³-hybridized carbons (Fsp3) is 0.400. The van der Waals surface area contributed by atoms with E-state index in [4.69, 9.17) is 9.47 Å². The molecule has 22 nitrogen and oxygen atoms in total. The van der Waals surface area contributed by atoms with E-state index in [2.05, 4.69) is 10.2 Å². The van der Waals surface area contributed by atoms with Gasteiger partial charge in [-0.3, -0.25) is 14.3 Å². The van der Waals surface area contributed by atoms with Gasteiger partial charge in [-0.25, -0.2) is 0 Å². The molecule has 22 heteroatoms. The average molecular weight is 741 g/mol. The molecule has 0 amide bonds. The van der Waals surface area contributed by atoms with Crippen molar-refractivity contribution in [1.82, 2.24) is 29.4 Å². The van der Waals surface area contributed by atoms with Gasteiger partial charge >= 0.3 is 0 Å². The summed E-state index contributed by atoms with van der Waals surface area (Å²) in [5.74, 6) is -18.4. The van der Waals surface area contributed by atoms with Crippen molar-refractivity contribution in [2.45, 2.75) is 30.7 Å². The third kappa shape index (κ3) is 7.73. The molecule has 0 aliphatic rings. The normalized spacial score (nSPS) is 13.7. The molecule has 4 rings (SSSR count). The summed E-state index contributed by atoms with van der Waals surface area (Å²) in [5, 5.41) is 154. The van der Waals surface area contributed by atoms with Crippen LogP contribution < -0.4 is 0 Å². The maximum absolute atomic E-state index is 11.0. The van der Waals surface area contributed by atoms with E-state index in [0.717, 1.165) is 9.36 Å². The molecular formula is C30H40N6O16. The fourth-order valence-electron chi connectivity index (χ4n) is 5.49. The van der Waals surface area contributed by atoms with E-state index in [-0.39, 0.29) is 23.6 Å². The summed E-state index contributed by atoms with van der Waals surface area (Å²) >= 11 is 0. The number of aliphatic hydroxyl groups is 4. The van der Waals surface area contributed by atoms with Crippen molar-refractivity contribution < 1.29 is 81.0 Å². The Balaban J connectivity index is 1.67. The fourth-order valence-corrected chi connectivity index (χ4v) is 5.49. The summed E-state index contributed by atoms with van der Waals surface area (Å²) in [4.78, 5) is 2.56. The molecule has 0 spiro atoms. The van der Waals surface area contributed by atoms with Crippen molar-refractivity contribution in [3.05, 3.63) is 46.5 Å². The predicted molar refractivity (Wildman–Crippen MR) is 171 cm³/mol. The summed E-state index contributed by atoms with van der Waals surface area (Å²) in [6.45, 7) is -1.57. The predicted octanol–water partition coefficient (Wildman–Crippen LogP) is -1.61. The zero-order chi connectivity index (χ0) is 39.2. The minimum absolute atomic E-state index is 0.0263. The van der Waals surface area contributed by atoms with Crippen LogP contribution in [0.25, 0.3) is 0 Å². The van der Waals surface area contributed by atoms with Crippen LogP contribution in [-0.2, 0) is 30.1 Å². The lowest BCUT2D eigenvalue weighted by Gasteiger charge is -2.31. The molecule has 52 heavy (non-hydrogen) atoms. The van der Waals surface area contributed by atoms with Crippen LogP contribution >= 0.6 is 0 Å². The number of phenolic OH excluding ortho intramolecular Hbond substituents is 10. The zero-order valence-electron chi connectivity index (χ0n) is 28.3. The van der Waals surface area contributed by atoms with Crippen LogP contribution in [-0.4, -0.2) is 147 Å². The molecule has 0 saturated carbocycles. The second-order valence-corrected chi connectivity index (χ2v) is 12.3. The molecule has 2 aromatic carbocycles. The highest BCUT2D eigenvalue weighted by atomic mass is 16.8. The monoisotopic (exact) mass is 740 g/mol. The van der Waals surface area contributed by atoms with Gasteiger partial charge in [-0.05, 0) is 33.3 Å². The summed E-state index contributed by atoms with van der Waals surface area (Å²) in [6.07, 6.45) is -2.48. The van der Waals surface area contributed by atoms with E-state index in [1.807, 2.05) is 0 Å². The van der Waals surface area contributed by atoms with Crippen molar-refractivity contribution in [2.24, 2.45) is 14.1 Å². The molecule has 0 aliphatic carbocycles. The molecule has 0 saturated heterocycles. The molecule has 2 atom stereocenters. The lowest BCUT2D eigenvalue weighted by atomic mass is 10.0. The van der Waals surface area contributed by atoms with E-state index in [1.165, 1.54) is 63.4 Å². The van der Waals surface area contributed by atoms with E-state index in [9.17, 15) is 71.5 Å². The molecule has 0 radical (unpaired) electrons. The van der Waals surface area contributed by atoms with E-state index in [0.29, 0.717) is 0 Å². The largest absolute Gasteiger partial charge is 0.504 e. The topological polar surface area (TPSA) is 344 Å². The first kappa shape index (κ1) is 39.3. The van der Waals surface area contributed by atoms with Crippen molar-refractivity contribution in [3.63, 3.8) is 0 Å². The van der Waals surface area contributed by atoms with Crippen molar-refractivity contribution in [2.75, 3.05) is 34.2 Å². The summed E-state index contributed by atoms with van der Waals surface area (Å²) < 4.78 is 13.2. The van der Waals surface area contributed by atoms with Crippen molar-refractivity contribution in [1.29, 1.82) is 0 Å². The number of ether oxygens (including phenoxy) is 2. The van der Waals surface area contributed by atoms with Gasteiger partial charge in [0.25, 0.3) is 11.9 Å². The van der Waals surface area contributed by atoms with Crippen LogP contribution in [0.2, 0.25) is 0 Å². The van der Waals surface area contributed by atoms with Gasteiger partial charge < -0.3 is 85.9 Å². The Morgan fingerprint density at radius 1 is 0.615 bits per heavy atom. The molecular weight excluding hydrogens is 700 g/mol. The van der Waals surface area contributed by atoms with Crippen molar-refractivity contribution in [3.8, 4) is 57.5 Å². The number of aromatic hydroxyl groups is 10. The van der Waals surface area contributed by atoms with Gasteiger partial charge in [0.15, 0.2) is 23.0 Å². The Morgan fingerprint density at radius 3 is 1.42 bits per heavy atom. The molecule has 4 aromatic rings.